The molecule has 0 spiro atoms. The normalized spacial score (nSPS) is 16.1. The van der Waals surface area contributed by atoms with Crippen LogP contribution in [0.1, 0.15) is 79.8 Å². The van der Waals surface area contributed by atoms with Gasteiger partial charge in [-0.1, -0.05) is 67.0 Å². The lowest BCUT2D eigenvalue weighted by Crippen LogP contribution is -2.44. The predicted molar refractivity (Wildman–Crippen MR) is 148 cm³/mol. The maximum absolute atomic E-state index is 13.5. The van der Waals surface area contributed by atoms with Crippen molar-refractivity contribution in [2.24, 2.45) is 10.8 Å². The Morgan fingerprint density at radius 2 is 1.58 bits per heavy atom. The van der Waals surface area contributed by atoms with Crippen molar-refractivity contribution < 1.29 is 9.18 Å². The first-order chi connectivity index (χ1) is 16.7. The summed E-state index contributed by atoms with van der Waals surface area (Å²) in [5, 5.41) is 10.5. The smallest absolute Gasteiger partial charge is 0.226 e. The van der Waals surface area contributed by atoms with Crippen LogP contribution >= 0.6 is 0 Å². The Labute approximate surface area is 218 Å². The van der Waals surface area contributed by atoms with Gasteiger partial charge in [0.15, 0.2) is 5.82 Å². The number of carbonyl (C=O) groups is 1. The van der Waals surface area contributed by atoms with Crippen LogP contribution in [0.3, 0.4) is 0 Å². The van der Waals surface area contributed by atoms with Gasteiger partial charge in [-0.05, 0) is 55.5 Å². The van der Waals surface area contributed by atoms with E-state index in [4.69, 9.17) is 5.10 Å². The van der Waals surface area contributed by atoms with Gasteiger partial charge >= 0.3 is 0 Å². The molecule has 1 amide bonds. The van der Waals surface area contributed by atoms with Gasteiger partial charge in [0.05, 0.1) is 12.2 Å². The summed E-state index contributed by atoms with van der Waals surface area (Å²) in [5.74, 6) is 0.285. The summed E-state index contributed by atoms with van der Waals surface area (Å²) in [4.78, 5) is 15.1. The van der Waals surface area contributed by atoms with Crippen LogP contribution in [0.4, 0.5) is 10.2 Å². The fourth-order valence-electron chi connectivity index (χ4n) is 4.07. The molecule has 2 aromatic rings. The molecule has 1 aromatic heterocycles. The maximum Gasteiger partial charge on any atom is 0.226 e. The summed E-state index contributed by atoms with van der Waals surface area (Å²) >= 11 is 0. The van der Waals surface area contributed by atoms with Gasteiger partial charge in [0, 0.05) is 31.1 Å². The van der Waals surface area contributed by atoms with Crippen LogP contribution in [0.25, 0.3) is 11.1 Å². The van der Waals surface area contributed by atoms with Gasteiger partial charge in [-0.2, -0.15) is 5.10 Å². The first-order valence-corrected chi connectivity index (χ1v) is 13.2. The molecule has 1 fully saturated rings. The Balaban J connectivity index is 0.000000501. The molecule has 6 nitrogen and oxygen atoms in total. The van der Waals surface area contributed by atoms with Crippen molar-refractivity contribution in [3.8, 4) is 11.1 Å². The highest BCUT2D eigenvalue weighted by molar-refractivity contribution is 5.95. The number of fused-ring (bicyclic) bond motifs is 1. The number of nitrogens with zero attached hydrogens (tertiary/aromatic N) is 3. The number of hydrogen-bond acceptors (Lipinski definition) is 4. The van der Waals surface area contributed by atoms with Gasteiger partial charge in [-0.25, -0.2) is 4.39 Å². The number of carbonyl (C=O) groups excluding carboxylic acids is 1. The van der Waals surface area contributed by atoms with Crippen LogP contribution in [-0.2, 0) is 17.9 Å². The average Bonchev–Trinajstić information content (AvgIpc) is 3.02. The number of anilines is 1. The van der Waals surface area contributed by atoms with E-state index < -0.39 is 0 Å². The van der Waals surface area contributed by atoms with Crippen LogP contribution in [-0.4, -0.2) is 47.3 Å². The zero-order valence-electron chi connectivity index (χ0n) is 24.0. The first kappa shape index (κ1) is 30.0. The number of amides is 1. The molecular weight excluding hydrogens is 453 g/mol. The molecule has 1 aliphatic carbocycles. The summed E-state index contributed by atoms with van der Waals surface area (Å²) in [6, 6.07) is 7.13. The van der Waals surface area contributed by atoms with E-state index >= 15 is 0 Å². The van der Waals surface area contributed by atoms with E-state index in [2.05, 4.69) is 43.2 Å². The van der Waals surface area contributed by atoms with Crippen LogP contribution in [0.15, 0.2) is 24.3 Å². The Morgan fingerprint density at radius 1 is 1.03 bits per heavy atom. The van der Waals surface area contributed by atoms with Crippen LogP contribution in [0.2, 0.25) is 0 Å². The maximum atomic E-state index is 13.5. The third kappa shape index (κ3) is 9.66. The minimum absolute atomic E-state index is 0.0397. The zero-order valence-corrected chi connectivity index (χ0v) is 24.0. The molecule has 4 rings (SSSR count). The number of nitrogens with one attached hydrogen (secondary N) is 2. The van der Waals surface area contributed by atoms with Crippen molar-refractivity contribution in [3.05, 3.63) is 35.8 Å². The van der Waals surface area contributed by atoms with E-state index in [1.165, 1.54) is 31.4 Å². The summed E-state index contributed by atoms with van der Waals surface area (Å²) in [5.41, 5.74) is 3.33. The molecule has 1 saturated carbocycles. The van der Waals surface area contributed by atoms with Crippen molar-refractivity contribution >= 4 is 11.7 Å². The molecule has 7 heteroatoms. The molecule has 1 aliphatic heterocycles. The molecule has 1 aromatic carbocycles. The quantitative estimate of drug-likeness (QED) is 0.515. The molecule has 2 N–H and O–H groups in total. The lowest BCUT2D eigenvalue weighted by atomic mass is 9.90. The third-order valence-electron chi connectivity index (χ3n) is 5.68. The summed E-state index contributed by atoms with van der Waals surface area (Å²) in [7, 11) is 3.75. The first-order valence-electron chi connectivity index (χ1n) is 13.2. The second-order valence-electron chi connectivity index (χ2n) is 12.7. The monoisotopic (exact) mass is 501 g/mol. The highest BCUT2D eigenvalue weighted by Gasteiger charge is 2.32. The molecule has 202 valence electrons. The zero-order chi connectivity index (χ0) is 27.1. The number of hydrogen-bond donors (Lipinski definition) is 2. The van der Waals surface area contributed by atoms with Crippen LogP contribution in [0, 0.1) is 16.6 Å². The molecule has 2 aliphatic rings. The Kier molecular flexibility index (Phi) is 10.7. The lowest BCUT2D eigenvalue weighted by Gasteiger charge is -2.40. The summed E-state index contributed by atoms with van der Waals surface area (Å²) < 4.78 is 15.5. The standard InChI is InChI=1S/C22H29FN4O.C5H12.C2H7N/c1-22(2,3)13-19(28)24-21-20(15-7-9-16(23)10-8-15)18-14-26(17-5-4-6-17)11-12-27(18)25-21;1-5(2,3)4;1-3-2/h7-10,17H,4-6,11-14H2,1-3H3,(H,24,25,28);1-4H3;3H,1-2H3. The molecule has 36 heavy (non-hydrogen) atoms. The third-order valence-corrected chi connectivity index (χ3v) is 5.68. The predicted octanol–water partition coefficient (Wildman–Crippen LogP) is 6.32. The molecular formula is C29H48FN5O. The second kappa shape index (κ2) is 12.8. The summed E-state index contributed by atoms with van der Waals surface area (Å²) in [6.07, 6.45) is 4.25. The Morgan fingerprint density at radius 3 is 2.06 bits per heavy atom. The van der Waals surface area contributed by atoms with Gasteiger partial charge in [-0.15, -0.1) is 0 Å². The number of halogens is 1. The molecule has 0 radical (unpaired) electrons. The molecule has 0 atom stereocenters. The van der Waals surface area contributed by atoms with Crippen LogP contribution in [0.5, 0.6) is 0 Å². The summed E-state index contributed by atoms with van der Waals surface area (Å²) in [6.45, 7) is 17.5. The van der Waals surface area contributed by atoms with Gasteiger partial charge in [0.25, 0.3) is 0 Å². The average molecular weight is 502 g/mol. The topological polar surface area (TPSA) is 62.2 Å². The lowest BCUT2D eigenvalue weighted by molar-refractivity contribution is -0.117. The van der Waals surface area contributed by atoms with E-state index in [1.807, 2.05) is 39.5 Å². The van der Waals surface area contributed by atoms with Gasteiger partial charge < -0.3 is 10.6 Å². The number of aromatic nitrogens is 2. The highest BCUT2D eigenvalue weighted by atomic mass is 19.1. The van der Waals surface area contributed by atoms with Gasteiger partial charge in [-0.3, -0.25) is 14.4 Å². The Bertz CT molecular complexity index is 959. The van der Waals surface area contributed by atoms with E-state index in [1.54, 1.807) is 12.1 Å². The van der Waals surface area contributed by atoms with Crippen molar-refractivity contribution in [2.45, 2.75) is 93.3 Å². The minimum atomic E-state index is -0.265. The van der Waals surface area contributed by atoms with Gasteiger partial charge in [0.2, 0.25) is 5.91 Å². The number of rotatable bonds is 4. The molecule has 0 saturated heterocycles. The highest BCUT2D eigenvalue weighted by Crippen LogP contribution is 2.36. The number of benzene rings is 1. The molecule has 0 unspecified atom stereocenters. The van der Waals surface area contributed by atoms with Crippen molar-refractivity contribution in [3.63, 3.8) is 0 Å². The fourth-order valence-corrected chi connectivity index (χ4v) is 4.07. The van der Waals surface area contributed by atoms with E-state index in [0.717, 1.165) is 36.5 Å². The van der Waals surface area contributed by atoms with E-state index in [9.17, 15) is 9.18 Å². The fraction of sp³-hybridized carbons (Fsp3) is 0.655. The van der Waals surface area contributed by atoms with Crippen molar-refractivity contribution in [1.29, 1.82) is 0 Å². The van der Waals surface area contributed by atoms with Gasteiger partial charge in [0.1, 0.15) is 5.82 Å². The SMILES string of the molecule is CC(C)(C)C.CC(C)(C)CC(=O)Nc1nn2c(c1-c1ccc(F)cc1)CN(C1CCC1)CC2.CNC. The van der Waals surface area contributed by atoms with Crippen LogP contribution < -0.4 is 10.6 Å². The van der Waals surface area contributed by atoms with Crippen molar-refractivity contribution in [2.75, 3.05) is 26.0 Å². The van der Waals surface area contributed by atoms with E-state index in [0.29, 0.717) is 23.7 Å². The second-order valence-corrected chi connectivity index (χ2v) is 12.7. The molecule has 0 bridgehead atoms. The minimum Gasteiger partial charge on any atom is -0.323 e. The largest absolute Gasteiger partial charge is 0.323 e. The molecule has 2 heterocycles. The van der Waals surface area contributed by atoms with Crippen molar-refractivity contribution in [1.82, 2.24) is 20.0 Å². The Hall–Kier alpha value is -2.25. The van der Waals surface area contributed by atoms with E-state index in [-0.39, 0.29) is 17.1 Å².